The van der Waals surface area contributed by atoms with Crippen molar-refractivity contribution in [1.29, 1.82) is 0 Å². The number of Topliss-reactive ketones (excluding diaryl/α,β-unsaturated/α-hetero) is 1. The fourth-order valence-electron chi connectivity index (χ4n) is 1.58. The van der Waals surface area contributed by atoms with E-state index in [2.05, 4.69) is 4.98 Å². The summed E-state index contributed by atoms with van der Waals surface area (Å²) in [5.74, 6) is 0.459. The summed E-state index contributed by atoms with van der Waals surface area (Å²) >= 11 is 0. The molecule has 1 heterocycles. The largest absolute Gasteiger partial charge is 0.487 e. The molecule has 18 heavy (non-hydrogen) atoms. The molecule has 2 N–H and O–H groups in total. The molecule has 0 aliphatic heterocycles. The van der Waals surface area contributed by atoms with Crippen molar-refractivity contribution in [1.82, 2.24) is 4.98 Å². The van der Waals surface area contributed by atoms with Gasteiger partial charge in [0.2, 0.25) is 0 Å². The number of nitrogens with two attached hydrogens (primary N) is 1. The van der Waals surface area contributed by atoms with Gasteiger partial charge in [-0.1, -0.05) is 6.07 Å². The molecule has 0 saturated heterocycles. The van der Waals surface area contributed by atoms with Crippen LogP contribution in [0.3, 0.4) is 0 Å². The Morgan fingerprint density at radius 1 is 1.33 bits per heavy atom. The van der Waals surface area contributed by atoms with Crippen LogP contribution in [0.4, 0.5) is 5.69 Å². The van der Waals surface area contributed by atoms with E-state index < -0.39 is 0 Å². The van der Waals surface area contributed by atoms with E-state index in [4.69, 9.17) is 10.5 Å². The van der Waals surface area contributed by atoms with Gasteiger partial charge in [-0.2, -0.15) is 0 Å². The number of hydrogen-bond donors (Lipinski definition) is 1. The number of pyridine rings is 1. The number of carbonyl (C=O) groups excluding carboxylic acids is 1. The maximum atomic E-state index is 11.5. The summed E-state index contributed by atoms with van der Waals surface area (Å²) in [6, 6.07) is 10.6. The summed E-state index contributed by atoms with van der Waals surface area (Å²) in [5, 5.41) is 0. The van der Waals surface area contributed by atoms with Crippen molar-refractivity contribution in [3.05, 3.63) is 53.9 Å². The van der Waals surface area contributed by atoms with E-state index in [1.54, 1.807) is 24.4 Å². The van der Waals surface area contributed by atoms with Crippen LogP contribution in [-0.4, -0.2) is 10.8 Å². The van der Waals surface area contributed by atoms with Crippen molar-refractivity contribution in [2.75, 3.05) is 5.73 Å². The lowest BCUT2D eigenvalue weighted by Crippen LogP contribution is -2.03. The summed E-state index contributed by atoms with van der Waals surface area (Å²) in [5.41, 5.74) is 7.50. The highest BCUT2D eigenvalue weighted by Crippen LogP contribution is 2.22. The first-order valence-corrected chi connectivity index (χ1v) is 5.60. The SMILES string of the molecule is CC(=O)c1cc(N)ccc1OCc1ccccn1. The molecule has 2 rings (SSSR count). The number of nitrogen functional groups attached to an aromatic ring is 1. The third-order valence-electron chi connectivity index (χ3n) is 2.48. The number of carbonyl (C=O) groups is 1. The Bertz CT molecular complexity index is 553. The van der Waals surface area contributed by atoms with Crippen molar-refractivity contribution in [2.45, 2.75) is 13.5 Å². The van der Waals surface area contributed by atoms with E-state index >= 15 is 0 Å². The molecule has 1 aromatic heterocycles. The zero-order valence-electron chi connectivity index (χ0n) is 10.1. The Balaban J connectivity index is 2.17. The van der Waals surface area contributed by atoms with Gasteiger partial charge in [-0.3, -0.25) is 9.78 Å². The summed E-state index contributed by atoms with van der Waals surface area (Å²) < 4.78 is 5.60. The molecule has 0 radical (unpaired) electrons. The predicted molar refractivity (Wildman–Crippen MR) is 69.4 cm³/mol. The van der Waals surface area contributed by atoms with Gasteiger partial charge in [-0.05, 0) is 37.3 Å². The predicted octanol–water partition coefficient (Wildman–Crippen LogP) is 2.45. The van der Waals surface area contributed by atoms with Crippen LogP contribution >= 0.6 is 0 Å². The molecule has 1 aromatic carbocycles. The highest BCUT2D eigenvalue weighted by Gasteiger charge is 2.09. The first kappa shape index (κ1) is 12.1. The second-order valence-corrected chi connectivity index (χ2v) is 3.92. The number of nitrogens with zero attached hydrogens (tertiary/aromatic N) is 1. The topological polar surface area (TPSA) is 65.2 Å². The molecule has 0 aliphatic rings. The molecule has 0 amide bonds. The number of hydrogen-bond acceptors (Lipinski definition) is 4. The lowest BCUT2D eigenvalue weighted by Gasteiger charge is -2.10. The fourth-order valence-corrected chi connectivity index (χ4v) is 1.58. The quantitative estimate of drug-likeness (QED) is 0.660. The van der Waals surface area contributed by atoms with E-state index in [0.717, 1.165) is 5.69 Å². The third kappa shape index (κ3) is 2.85. The number of benzene rings is 1. The monoisotopic (exact) mass is 242 g/mol. The van der Waals surface area contributed by atoms with Crippen LogP contribution in [-0.2, 0) is 6.61 Å². The van der Waals surface area contributed by atoms with Crippen LogP contribution in [0.1, 0.15) is 23.0 Å². The molecular formula is C14H14N2O2. The third-order valence-corrected chi connectivity index (χ3v) is 2.48. The van der Waals surface area contributed by atoms with E-state index in [1.165, 1.54) is 6.92 Å². The van der Waals surface area contributed by atoms with Crippen LogP contribution in [0.15, 0.2) is 42.6 Å². The van der Waals surface area contributed by atoms with Gasteiger partial charge in [0.15, 0.2) is 5.78 Å². The second-order valence-electron chi connectivity index (χ2n) is 3.92. The smallest absolute Gasteiger partial charge is 0.163 e. The molecule has 92 valence electrons. The van der Waals surface area contributed by atoms with Gasteiger partial charge in [0.05, 0.1) is 11.3 Å². The molecule has 2 aromatic rings. The van der Waals surface area contributed by atoms with Crippen LogP contribution in [0, 0.1) is 0 Å². The summed E-state index contributed by atoms with van der Waals surface area (Å²) in [7, 11) is 0. The molecule has 0 bridgehead atoms. The van der Waals surface area contributed by atoms with Gasteiger partial charge in [0.1, 0.15) is 12.4 Å². The molecule has 4 nitrogen and oxygen atoms in total. The van der Waals surface area contributed by atoms with Crippen molar-refractivity contribution in [2.24, 2.45) is 0 Å². The number of ketones is 1. The minimum absolute atomic E-state index is 0.0710. The molecule has 0 atom stereocenters. The maximum Gasteiger partial charge on any atom is 0.163 e. The van der Waals surface area contributed by atoms with Crippen LogP contribution < -0.4 is 10.5 Å². The zero-order valence-corrected chi connectivity index (χ0v) is 10.1. The molecule has 4 heteroatoms. The highest BCUT2D eigenvalue weighted by atomic mass is 16.5. The Labute approximate surface area is 105 Å². The Kier molecular flexibility index (Phi) is 3.57. The van der Waals surface area contributed by atoms with Crippen LogP contribution in [0.5, 0.6) is 5.75 Å². The van der Waals surface area contributed by atoms with Crippen LogP contribution in [0.2, 0.25) is 0 Å². The number of rotatable bonds is 4. The van der Waals surface area contributed by atoms with Gasteiger partial charge in [-0.15, -0.1) is 0 Å². The van der Waals surface area contributed by atoms with Gasteiger partial charge in [0.25, 0.3) is 0 Å². The number of anilines is 1. The number of aromatic nitrogens is 1. The fraction of sp³-hybridized carbons (Fsp3) is 0.143. The number of ether oxygens (including phenoxy) is 1. The second kappa shape index (κ2) is 5.31. The molecular weight excluding hydrogens is 228 g/mol. The summed E-state index contributed by atoms with van der Waals surface area (Å²) in [6.07, 6.45) is 1.70. The first-order valence-electron chi connectivity index (χ1n) is 5.60. The molecule has 0 fully saturated rings. The first-order chi connectivity index (χ1) is 8.66. The van der Waals surface area contributed by atoms with Crippen LogP contribution in [0.25, 0.3) is 0 Å². The van der Waals surface area contributed by atoms with E-state index in [1.807, 2.05) is 18.2 Å². The maximum absolute atomic E-state index is 11.5. The minimum Gasteiger partial charge on any atom is -0.487 e. The minimum atomic E-state index is -0.0710. The molecule has 0 aliphatic carbocycles. The van der Waals surface area contributed by atoms with Crippen molar-refractivity contribution < 1.29 is 9.53 Å². The Morgan fingerprint density at radius 2 is 2.17 bits per heavy atom. The van der Waals surface area contributed by atoms with E-state index in [9.17, 15) is 4.79 Å². The molecule has 0 unspecified atom stereocenters. The Morgan fingerprint density at radius 3 is 2.83 bits per heavy atom. The zero-order chi connectivity index (χ0) is 13.0. The standard InChI is InChI=1S/C14H14N2O2/c1-10(17)13-8-11(15)5-6-14(13)18-9-12-4-2-3-7-16-12/h2-8H,9,15H2,1H3. The van der Waals surface area contributed by atoms with Crippen molar-refractivity contribution >= 4 is 11.5 Å². The Hall–Kier alpha value is -2.36. The highest BCUT2D eigenvalue weighted by molar-refractivity contribution is 5.97. The summed E-state index contributed by atoms with van der Waals surface area (Å²) in [4.78, 5) is 15.6. The van der Waals surface area contributed by atoms with E-state index in [0.29, 0.717) is 23.6 Å². The van der Waals surface area contributed by atoms with Crippen molar-refractivity contribution in [3.63, 3.8) is 0 Å². The average Bonchev–Trinajstić information content (AvgIpc) is 2.38. The van der Waals surface area contributed by atoms with Gasteiger partial charge < -0.3 is 10.5 Å². The lowest BCUT2D eigenvalue weighted by molar-refractivity contribution is 0.101. The van der Waals surface area contributed by atoms with Gasteiger partial charge in [0, 0.05) is 11.9 Å². The average molecular weight is 242 g/mol. The molecule has 0 saturated carbocycles. The van der Waals surface area contributed by atoms with Crippen molar-refractivity contribution in [3.8, 4) is 5.75 Å². The normalized spacial score (nSPS) is 10.1. The van der Waals surface area contributed by atoms with Gasteiger partial charge >= 0.3 is 0 Å². The summed E-state index contributed by atoms with van der Waals surface area (Å²) in [6.45, 7) is 1.81. The lowest BCUT2D eigenvalue weighted by atomic mass is 10.1. The van der Waals surface area contributed by atoms with Gasteiger partial charge in [-0.25, -0.2) is 0 Å². The molecule has 0 spiro atoms. The van der Waals surface area contributed by atoms with E-state index in [-0.39, 0.29) is 5.78 Å².